The Labute approximate surface area is 82.9 Å². The number of aliphatic hydroxyl groups is 1. The Morgan fingerprint density at radius 1 is 1.64 bits per heavy atom. The minimum absolute atomic E-state index is 0.229. The van der Waals surface area contributed by atoms with Crippen molar-refractivity contribution in [2.24, 2.45) is 0 Å². The molecule has 79 valence electrons. The largest absolute Gasteiger partial charge is 0.374 e. The molecule has 1 aliphatic heterocycles. The first kappa shape index (κ1) is 11.1. The van der Waals surface area contributed by atoms with Gasteiger partial charge in [-0.05, 0) is 33.2 Å². The SMILES string of the molecule is [CH2]C(O)NC(=O)C1(C(C)=O)CCCN1. The van der Waals surface area contributed by atoms with Crippen LogP contribution in [0.25, 0.3) is 0 Å². The molecule has 0 bridgehead atoms. The summed E-state index contributed by atoms with van der Waals surface area (Å²) in [5, 5.41) is 14.0. The zero-order chi connectivity index (χ0) is 10.8. The maximum absolute atomic E-state index is 11.6. The molecule has 2 atom stereocenters. The van der Waals surface area contributed by atoms with E-state index in [2.05, 4.69) is 17.6 Å². The topological polar surface area (TPSA) is 78.4 Å². The van der Waals surface area contributed by atoms with E-state index < -0.39 is 17.7 Å². The van der Waals surface area contributed by atoms with E-state index in [1.54, 1.807) is 0 Å². The minimum atomic E-state index is -1.18. The highest BCUT2D eigenvalue weighted by Crippen LogP contribution is 2.20. The van der Waals surface area contributed by atoms with Gasteiger partial charge in [0.15, 0.2) is 11.3 Å². The van der Waals surface area contributed by atoms with Crippen LogP contribution in [0.1, 0.15) is 19.8 Å². The Bertz CT molecular complexity index is 244. The van der Waals surface area contributed by atoms with Crippen molar-refractivity contribution in [2.45, 2.75) is 31.5 Å². The molecule has 3 N–H and O–H groups in total. The van der Waals surface area contributed by atoms with Gasteiger partial charge in [0.05, 0.1) is 0 Å². The summed E-state index contributed by atoms with van der Waals surface area (Å²) in [7, 11) is 0. The molecular weight excluding hydrogens is 184 g/mol. The molecule has 1 saturated heterocycles. The highest BCUT2D eigenvalue weighted by Gasteiger charge is 2.45. The van der Waals surface area contributed by atoms with Crippen molar-refractivity contribution in [3.8, 4) is 0 Å². The Morgan fingerprint density at radius 3 is 2.64 bits per heavy atom. The summed E-state index contributed by atoms with van der Waals surface area (Å²) >= 11 is 0. The first-order valence-corrected chi connectivity index (χ1v) is 4.57. The number of hydrogen-bond acceptors (Lipinski definition) is 4. The van der Waals surface area contributed by atoms with Gasteiger partial charge in [-0.1, -0.05) is 0 Å². The average Bonchev–Trinajstić information content (AvgIpc) is 2.51. The molecule has 0 spiro atoms. The molecule has 1 heterocycles. The summed E-state index contributed by atoms with van der Waals surface area (Å²) in [6, 6.07) is 0. The average molecular weight is 199 g/mol. The number of aliphatic hydroxyl groups excluding tert-OH is 1. The fraction of sp³-hybridized carbons (Fsp3) is 0.667. The maximum atomic E-state index is 11.6. The third kappa shape index (κ3) is 1.93. The number of carbonyl (C=O) groups is 2. The van der Waals surface area contributed by atoms with Gasteiger partial charge in [0.1, 0.15) is 6.23 Å². The van der Waals surface area contributed by atoms with E-state index >= 15 is 0 Å². The second-order valence-corrected chi connectivity index (χ2v) is 3.48. The van der Waals surface area contributed by atoms with Crippen molar-refractivity contribution >= 4 is 11.7 Å². The number of Topliss-reactive ketones (excluding diaryl/α,β-unsaturated/α-hetero) is 1. The number of hydrogen-bond donors (Lipinski definition) is 3. The fourth-order valence-corrected chi connectivity index (χ4v) is 1.67. The van der Waals surface area contributed by atoms with Crippen molar-refractivity contribution in [2.75, 3.05) is 6.54 Å². The second-order valence-electron chi connectivity index (χ2n) is 3.48. The van der Waals surface area contributed by atoms with Crippen molar-refractivity contribution < 1.29 is 14.7 Å². The summed E-state index contributed by atoms with van der Waals surface area (Å²) in [5.74, 6) is -0.724. The molecule has 0 aromatic heterocycles. The van der Waals surface area contributed by atoms with Gasteiger partial charge in [-0.3, -0.25) is 14.9 Å². The van der Waals surface area contributed by atoms with E-state index in [9.17, 15) is 9.59 Å². The van der Waals surface area contributed by atoms with Crippen LogP contribution < -0.4 is 10.6 Å². The molecule has 0 aromatic rings. The number of rotatable bonds is 3. The first-order chi connectivity index (χ1) is 6.49. The lowest BCUT2D eigenvalue weighted by molar-refractivity contribution is -0.137. The third-order valence-electron chi connectivity index (χ3n) is 2.44. The number of ketones is 1. The van der Waals surface area contributed by atoms with Crippen LogP contribution in [0.5, 0.6) is 0 Å². The molecule has 1 fully saturated rings. The van der Waals surface area contributed by atoms with Crippen molar-refractivity contribution in [3.63, 3.8) is 0 Å². The third-order valence-corrected chi connectivity index (χ3v) is 2.44. The highest BCUT2D eigenvalue weighted by molar-refractivity contribution is 6.10. The smallest absolute Gasteiger partial charge is 0.249 e. The van der Waals surface area contributed by atoms with Crippen molar-refractivity contribution in [3.05, 3.63) is 6.92 Å². The summed E-state index contributed by atoms with van der Waals surface area (Å²) in [6.45, 7) is 5.23. The van der Waals surface area contributed by atoms with Crippen LogP contribution in [0, 0.1) is 6.92 Å². The van der Waals surface area contributed by atoms with Gasteiger partial charge in [0.25, 0.3) is 0 Å². The van der Waals surface area contributed by atoms with Crippen molar-refractivity contribution in [1.29, 1.82) is 0 Å². The summed E-state index contributed by atoms with van der Waals surface area (Å²) in [4.78, 5) is 23.0. The molecule has 1 aliphatic rings. The molecule has 5 nitrogen and oxygen atoms in total. The van der Waals surface area contributed by atoms with Crippen molar-refractivity contribution in [1.82, 2.24) is 10.6 Å². The molecule has 1 rings (SSSR count). The van der Waals surface area contributed by atoms with Gasteiger partial charge >= 0.3 is 0 Å². The van der Waals surface area contributed by atoms with E-state index in [1.807, 2.05) is 0 Å². The van der Waals surface area contributed by atoms with E-state index in [0.717, 1.165) is 6.42 Å². The number of nitrogens with one attached hydrogen (secondary N) is 2. The predicted molar refractivity (Wildman–Crippen MR) is 50.2 cm³/mol. The van der Waals surface area contributed by atoms with Crippen LogP contribution in [-0.4, -0.2) is 35.1 Å². The molecule has 0 aliphatic carbocycles. The quantitative estimate of drug-likeness (QED) is 0.401. The molecule has 1 amide bonds. The van der Waals surface area contributed by atoms with E-state index in [-0.39, 0.29) is 5.78 Å². The number of amides is 1. The summed E-state index contributed by atoms with van der Waals surface area (Å²) in [6.07, 6.45) is 0.0716. The van der Waals surface area contributed by atoms with Crippen LogP contribution in [0.4, 0.5) is 0 Å². The van der Waals surface area contributed by atoms with E-state index in [0.29, 0.717) is 13.0 Å². The van der Waals surface area contributed by atoms with E-state index in [1.165, 1.54) is 6.92 Å². The Balaban J connectivity index is 2.77. The zero-order valence-corrected chi connectivity index (χ0v) is 8.17. The lowest BCUT2D eigenvalue weighted by Crippen LogP contribution is -2.59. The second kappa shape index (κ2) is 4.06. The molecule has 0 saturated carbocycles. The first-order valence-electron chi connectivity index (χ1n) is 4.57. The lowest BCUT2D eigenvalue weighted by Gasteiger charge is -2.25. The zero-order valence-electron chi connectivity index (χ0n) is 8.17. The minimum Gasteiger partial charge on any atom is -0.374 e. The summed E-state index contributed by atoms with van der Waals surface area (Å²) < 4.78 is 0. The van der Waals surface area contributed by atoms with Crippen LogP contribution in [0.3, 0.4) is 0 Å². The van der Waals surface area contributed by atoms with Crippen LogP contribution in [-0.2, 0) is 9.59 Å². The molecule has 14 heavy (non-hydrogen) atoms. The van der Waals surface area contributed by atoms with Crippen LogP contribution in [0.15, 0.2) is 0 Å². The molecular formula is C9H15N2O3. The van der Waals surface area contributed by atoms with Gasteiger partial charge in [-0.15, -0.1) is 0 Å². The normalized spacial score (nSPS) is 28.5. The number of carbonyl (C=O) groups excluding carboxylic acids is 2. The van der Waals surface area contributed by atoms with Gasteiger partial charge in [0.2, 0.25) is 5.91 Å². The molecule has 5 heteroatoms. The molecule has 1 radical (unpaired) electrons. The molecule has 2 unspecified atom stereocenters. The monoisotopic (exact) mass is 199 g/mol. The Kier molecular flexibility index (Phi) is 3.23. The van der Waals surface area contributed by atoms with E-state index in [4.69, 9.17) is 5.11 Å². The maximum Gasteiger partial charge on any atom is 0.249 e. The standard InChI is InChI=1S/C9H15N2O3/c1-6(12)9(4-3-5-10-9)8(14)11-7(2)13/h7,10,13H,2-5H2,1H3,(H,11,14). The Hall–Kier alpha value is -0.940. The van der Waals surface area contributed by atoms with Gasteiger partial charge < -0.3 is 10.4 Å². The Morgan fingerprint density at radius 2 is 2.29 bits per heavy atom. The van der Waals surface area contributed by atoms with Gasteiger partial charge in [-0.2, -0.15) is 0 Å². The molecule has 0 aromatic carbocycles. The fourth-order valence-electron chi connectivity index (χ4n) is 1.67. The van der Waals surface area contributed by atoms with Crippen LogP contribution >= 0.6 is 0 Å². The highest BCUT2D eigenvalue weighted by atomic mass is 16.3. The van der Waals surface area contributed by atoms with Gasteiger partial charge in [0, 0.05) is 0 Å². The predicted octanol–water partition coefficient (Wildman–Crippen LogP) is -1.03. The van der Waals surface area contributed by atoms with Crippen LogP contribution in [0.2, 0.25) is 0 Å². The summed E-state index contributed by atoms with van der Waals surface area (Å²) in [5.41, 5.74) is -1.15. The lowest BCUT2D eigenvalue weighted by atomic mass is 9.92. The van der Waals surface area contributed by atoms with Gasteiger partial charge in [-0.25, -0.2) is 0 Å².